The van der Waals surface area contributed by atoms with Gasteiger partial charge >= 0.3 is 0 Å². The van der Waals surface area contributed by atoms with Gasteiger partial charge in [-0.25, -0.2) is 0 Å². The zero-order chi connectivity index (χ0) is 13.3. The van der Waals surface area contributed by atoms with Crippen LogP contribution < -0.4 is 4.74 Å². The Balaban J connectivity index is 2.77. The van der Waals surface area contributed by atoms with E-state index in [1.807, 2.05) is 13.0 Å². The summed E-state index contributed by atoms with van der Waals surface area (Å²) in [6, 6.07) is 3.52. The first-order chi connectivity index (χ1) is 8.60. The Labute approximate surface area is 119 Å². The fraction of sp³-hybridized carbons (Fsp3) is 0.308. The van der Waals surface area contributed by atoms with Gasteiger partial charge in [-0.1, -0.05) is 18.5 Å². The zero-order valence-electron chi connectivity index (χ0n) is 10.0. The van der Waals surface area contributed by atoms with Crippen molar-refractivity contribution in [3.8, 4) is 5.75 Å². The average Bonchev–Trinajstić information content (AvgIpc) is 2.68. The molecule has 2 aromatic rings. The summed E-state index contributed by atoms with van der Waals surface area (Å²) in [5.74, 6) is 0.782. The lowest BCUT2D eigenvalue weighted by Gasteiger charge is -2.06. The Morgan fingerprint density at radius 2 is 2.11 bits per heavy atom. The van der Waals surface area contributed by atoms with E-state index in [2.05, 4.69) is 6.92 Å². The van der Waals surface area contributed by atoms with E-state index in [1.165, 1.54) is 0 Å². The lowest BCUT2D eigenvalue weighted by atomic mass is 10.1. The second kappa shape index (κ2) is 5.47. The van der Waals surface area contributed by atoms with Crippen molar-refractivity contribution < 1.29 is 9.53 Å². The fourth-order valence-corrected chi connectivity index (χ4v) is 3.55. The largest absolute Gasteiger partial charge is 0.492 e. The SMILES string of the molecule is CCOc1c(CC)sc2ccc(C(=O)Cl)c(Cl)c12. The number of hydrogen-bond donors (Lipinski definition) is 0. The van der Waals surface area contributed by atoms with Crippen LogP contribution in [0.25, 0.3) is 10.1 Å². The Bertz CT molecular complexity index is 605. The summed E-state index contributed by atoms with van der Waals surface area (Å²) in [4.78, 5) is 12.4. The first-order valence-electron chi connectivity index (χ1n) is 5.66. The van der Waals surface area contributed by atoms with Gasteiger partial charge in [0, 0.05) is 9.58 Å². The molecule has 0 saturated heterocycles. The van der Waals surface area contributed by atoms with Crippen LogP contribution >= 0.6 is 34.5 Å². The van der Waals surface area contributed by atoms with E-state index in [-0.39, 0.29) is 0 Å². The molecule has 0 unspecified atom stereocenters. The topological polar surface area (TPSA) is 26.3 Å². The Morgan fingerprint density at radius 3 is 2.67 bits per heavy atom. The first-order valence-corrected chi connectivity index (χ1v) is 7.23. The third kappa shape index (κ3) is 2.22. The van der Waals surface area contributed by atoms with E-state index in [0.29, 0.717) is 17.2 Å². The highest BCUT2D eigenvalue weighted by Crippen LogP contribution is 2.43. The smallest absolute Gasteiger partial charge is 0.253 e. The van der Waals surface area contributed by atoms with E-state index < -0.39 is 5.24 Å². The quantitative estimate of drug-likeness (QED) is 0.751. The number of carbonyl (C=O) groups is 1. The Morgan fingerprint density at radius 1 is 1.39 bits per heavy atom. The molecule has 1 heterocycles. The number of aryl methyl sites for hydroxylation is 1. The fourth-order valence-electron chi connectivity index (χ4n) is 1.86. The molecule has 2 rings (SSSR count). The van der Waals surface area contributed by atoms with Crippen LogP contribution in [0.3, 0.4) is 0 Å². The zero-order valence-corrected chi connectivity index (χ0v) is 12.4. The van der Waals surface area contributed by atoms with Gasteiger partial charge in [-0.3, -0.25) is 4.79 Å². The van der Waals surface area contributed by atoms with Crippen LogP contribution in [0.15, 0.2) is 12.1 Å². The maximum Gasteiger partial charge on any atom is 0.253 e. The molecule has 0 fully saturated rings. The molecule has 0 saturated carbocycles. The average molecular weight is 303 g/mol. The summed E-state index contributed by atoms with van der Waals surface area (Å²) in [6.07, 6.45) is 0.870. The highest BCUT2D eigenvalue weighted by Gasteiger charge is 2.19. The number of thiophene rings is 1. The van der Waals surface area contributed by atoms with Gasteiger partial charge in [0.1, 0.15) is 5.75 Å². The van der Waals surface area contributed by atoms with E-state index >= 15 is 0 Å². The molecular formula is C13H12Cl2O2S. The number of fused-ring (bicyclic) bond motifs is 1. The van der Waals surface area contributed by atoms with E-state index in [1.54, 1.807) is 17.4 Å². The van der Waals surface area contributed by atoms with Gasteiger partial charge in [0.15, 0.2) is 0 Å². The number of halogens is 2. The van der Waals surface area contributed by atoms with Crippen LogP contribution in [0, 0.1) is 0 Å². The molecule has 18 heavy (non-hydrogen) atoms. The minimum atomic E-state index is -0.548. The van der Waals surface area contributed by atoms with Crippen LogP contribution in [-0.4, -0.2) is 11.8 Å². The van der Waals surface area contributed by atoms with Crippen LogP contribution in [0.4, 0.5) is 0 Å². The summed E-state index contributed by atoms with van der Waals surface area (Å²) < 4.78 is 6.68. The van der Waals surface area contributed by atoms with E-state index in [0.717, 1.165) is 27.1 Å². The molecule has 1 aromatic carbocycles. The number of benzene rings is 1. The van der Waals surface area contributed by atoms with Crippen molar-refractivity contribution in [3.63, 3.8) is 0 Å². The second-order valence-corrected chi connectivity index (χ2v) is 5.57. The minimum Gasteiger partial charge on any atom is -0.492 e. The lowest BCUT2D eigenvalue weighted by molar-refractivity contribution is 0.108. The van der Waals surface area contributed by atoms with Crippen molar-refractivity contribution in [2.45, 2.75) is 20.3 Å². The molecule has 96 valence electrons. The van der Waals surface area contributed by atoms with Crippen molar-refractivity contribution in [1.29, 1.82) is 0 Å². The Kier molecular flexibility index (Phi) is 4.15. The normalized spacial score (nSPS) is 10.9. The Hall–Kier alpha value is -0.770. The molecule has 2 nitrogen and oxygen atoms in total. The van der Waals surface area contributed by atoms with Gasteiger partial charge in [0.2, 0.25) is 0 Å². The molecule has 0 aliphatic rings. The van der Waals surface area contributed by atoms with Gasteiger partial charge in [-0.05, 0) is 37.1 Å². The standard InChI is InChI=1S/C13H12Cl2O2S/c1-3-8-12(17-4-2)10-9(18-8)6-5-7(11(10)14)13(15)16/h5-6H,3-4H2,1-2H3. The highest BCUT2D eigenvalue weighted by molar-refractivity contribution is 7.19. The summed E-state index contributed by atoms with van der Waals surface area (Å²) in [5, 5.41) is 0.632. The van der Waals surface area contributed by atoms with Crippen LogP contribution in [-0.2, 0) is 6.42 Å². The summed E-state index contributed by atoms with van der Waals surface area (Å²) >= 11 is 13.4. The van der Waals surface area contributed by atoms with Crippen molar-refractivity contribution >= 4 is 49.9 Å². The molecule has 0 radical (unpaired) electrons. The third-order valence-electron chi connectivity index (χ3n) is 2.64. The molecule has 0 aliphatic heterocycles. The maximum absolute atomic E-state index is 11.3. The molecule has 0 bridgehead atoms. The minimum absolute atomic E-state index is 0.326. The number of rotatable bonds is 4. The number of carbonyl (C=O) groups excluding carboxylic acids is 1. The molecule has 0 amide bonds. The first kappa shape index (κ1) is 13.7. The van der Waals surface area contributed by atoms with Crippen molar-refractivity contribution in [1.82, 2.24) is 0 Å². The van der Waals surface area contributed by atoms with Crippen LogP contribution in [0.5, 0.6) is 5.75 Å². The molecule has 0 atom stereocenters. The van der Waals surface area contributed by atoms with Gasteiger partial charge in [0.25, 0.3) is 5.24 Å². The summed E-state index contributed by atoms with van der Waals surface area (Å²) in [6.45, 7) is 4.55. The lowest BCUT2D eigenvalue weighted by Crippen LogP contribution is -1.95. The molecule has 0 N–H and O–H groups in total. The molecular weight excluding hydrogens is 291 g/mol. The molecule has 5 heteroatoms. The van der Waals surface area contributed by atoms with Crippen molar-refractivity contribution in [2.75, 3.05) is 6.61 Å². The van der Waals surface area contributed by atoms with Crippen molar-refractivity contribution in [3.05, 3.63) is 27.6 Å². The number of ether oxygens (including phenoxy) is 1. The summed E-state index contributed by atoms with van der Waals surface area (Å²) in [5.41, 5.74) is 0.326. The highest BCUT2D eigenvalue weighted by atomic mass is 35.5. The van der Waals surface area contributed by atoms with Crippen LogP contribution in [0.2, 0.25) is 5.02 Å². The van der Waals surface area contributed by atoms with Gasteiger partial charge in [-0.15, -0.1) is 11.3 Å². The van der Waals surface area contributed by atoms with Gasteiger partial charge in [-0.2, -0.15) is 0 Å². The number of hydrogen-bond acceptors (Lipinski definition) is 3. The van der Waals surface area contributed by atoms with Crippen LogP contribution in [0.1, 0.15) is 29.1 Å². The van der Waals surface area contributed by atoms with E-state index in [9.17, 15) is 4.79 Å². The predicted octanol–water partition coefficient (Wildman–Crippen LogP) is 4.89. The summed E-state index contributed by atoms with van der Waals surface area (Å²) in [7, 11) is 0. The second-order valence-electron chi connectivity index (χ2n) is 3.71. The molecule has 1 aromatic heterocycles. The van der Waals surface area contributed by atoms with Gasteiger partial charge < -0.3 is 4.74 Å². The molecule has 0 spiro atoms. The van der Waals surface area contributed by atoms with Gasteiger partial charge in [0.05, 0.1) is 22.6 Å². The predicted molar refractivity (Wildman–Crippen MR) is 77.6 cm³/mol. The van der Waals surface area contributed by atoms with Crippen molar-refractivity contribution in [2.24, 2.45) is 0 Å². The molecule has 0 aliphatic carbocycles. The maximum atomic E-state index is 11.3. The third-order valence-corrected chi connectivity index (χ3v) is 4.52. The van der Waals surface area contributed by atoms with E-state index in [4.69, 9.17) is 27.9 Å². The monoisotopic (exact) mass is 302 g/mol.